The molecule has 0 heterocycles. The Labute approximate surface area is 71.1 Å². The summed E-state index contributed by atoms with van der Waals surface area (Å²) >= 11 is 0. The minimum Gasteiger partial charge on any atom is -0.477 e. The van der Waals surface area contributed by atoms with Crippen LogP contribution in [0.1, 0.15) is 13.3 Å². The SMILES string of the molecule is CCOCCC=C(C#N)C(=O)O. The number of nitrogens with zero attached hydrogens (tertiary/aromatic N) is 1. The number of nitriles is 1. The Balaban J connectivity index is 3.81. The van der Waals surface area contributed by atoms with E-state index in [1.807, 2.05) is 6.92 Å². The van der Waals surface area contributed by atoms with Crippen molar-refractivity contribution in [2.45, 2.75) is 13.3 Å². The van der Waals surface area contributed by atoms with Gasteiger partial charge in [0.2, 0.25) is 0 Å². The standard InChI is InChI=1S/C8H11NO3/c1-2-12-5-3-4-7(6-9)8(10)11/h4H,2-3,5H2,1H3,(H,10,11). The summed E-state index contributed by atoms with van der Waals surface area (Å²) in [6.45, 7) is 2.91. The summed E-state index contributed by atoms with van der Waals surface area (Å²) in [6, 6.07) is 1.58. The summed E-state index contributed by atoms with van der Waals surface area (Å²) in [4.78, 5) is 10.3. The second-order valence-corrected chi connectivity index (χ2v) is 2.02. The lowest BCUT2D eigenvalue weighted by molar-refractivity contribution is -0.132. The molecule has 0 aromatic heterocycles. The van der Waals surface area contributed by atoms with Crippen LogP contribution in [0.5, 0.6) is 0 Å². The molecular formula is C8H11NO3. The monoisotopic (exact) mass is 169 g/mol. The molecule has 0 fully saturated rings. The zero-order valence-electron chi connectivity index (χ0n) is 6.91. The van der Waals surface area contributed by atoms with Crippen LogP contribution in [0.15, 0.2) is 11.6 Å². The van der Waals surface area contributed by atoms with Crippen LogP contribution in [0.4, 0.5) is 0 Å². The third-order valence-corrected chi connectivity index (χ3v) is 1.17. The molecular weight excluding hydrogens is 158 g/mol. The Morgan fingerprint density at radius 3 is 2.83 bits per heavy atom. The van der Waals surface area contributed by atoms with Crippen LogP contribution >= 0.6 is 0 Å². The van der Waals surface area contributed by atoms with E-state index in [9.17, 15) is 4.79 Å². The van der Waals surface area contributed by atoms with E-state index in [0.29, 0.717) is 19.6 Å². The zero-order chi connectivity index (χ0) is 9.40. The summed E-state index contributed by atoms with van der Waals surface area (Å²) in [6.07, 6.45) is 1.82. The first-order chi connectivity index (χ1) is 5.72. The lowest BCUT2D eigenvalue weighted by Gasteiger charge is -1.95. The number of hydrogen-bond acceptors (Lipinski definition) is 3. The van der Waals surface area contributed by atoms with Crippen molar-refractivity contribution in [3.05, 3.63) is 11.6 Å². The lowest BCUT2D eigenvalue weighted by Crippen LogP contribution is -1.99. The minimum absolute atomic E-state index is 0.227. The highest BCUT2D eigenvalue weighted by Gasteiger charge is 2.03. The molecule has 4 heteroatoms. The lowest BCUT2D eigenvalue weighted by atomic mass is 10.2. The zero-order valence-corrected chi connectivity index (χ0v) is 6.91. The van der Waals surface area contributed by atoms with E-state index >= 15 is 0 Å². The molecule has 0 atom stereocenters. The van der Waals surface area contributed by atoms with Crippen molar-refractivity contribution in [1.29, 1.82) is 5.26 Å². The number of rotatable bonds is 5. The summed E-state index contributed by atoms with van der Waals surface area (Å²) in [5.74, 6) is -1.19. The molecule has 0 amide bonds. The highest BCUT2D eigenvalue weighted by atomic mass is 16.5. The van der Waals surface area contributed by atoms with Gasteiger partial charge in [-0.15, -0.1) is 0 Å². The number of carbonyl (C=O) groups is 1. The minimum atomic E-state index is -1.19. The summed E-state index contributed by atoms with van der Waals surface area (Å²) < 4.78 is 4.96. The highest BCUT2D eigenvalue weighted by Crippen LogP contribution is 1.95. The van der Waals surface area contributed by atoms with E-state index in [1.54, 1.807) is 6.07 Å². The molecule has 0 unspecified atom stereocenters. The largest absolute Gasteiger partial charge is 0.477 e. The molecule has 1 N–H and O–H groups in total. The second-order valence-electron chi connectivity index (χ2n) is 2.02. The fraction of sp³-hybridized carbons (Fsp3) is 0.500. The van der Waals surface area contributed by atoms with Gasteiger partial charge in [0.1, 0.15) is 11.6 Å². The Kier molecular flexibility index (Phi) is 5.66. The molecule has 0 spiro atoms. The first-order valence-electron chi connectivity index (χ1n) is 3.63. The van der Waals surface area contributed by atoms with E-state index in [4.69, 9.17) is 15.1 Å². The first kappa shape index (κ1) is 10.7. The van der Waals surface area contributed by atoms with Crippen molar-refractivity contribution >= 4 is 5.97 Å². The quantitative estimate of drug-likeness (QED) is 0.378. The molecule has 0 aromatic rings. The number of ether oxygens (including phenoxy) is 1. The molecule has 0 aliphatic carbocycles. The van der Waals surface area contributed by atoms with Crippen molar-refractivity contribution in [3.63, 3.8) is 0 Å². The van der Waals surface area contributed by atoms with Crippen molar-refractivity contribution in [2.75, 3.05) is 13.2 Å². The van der Waals surface area contributed by atoms with Crippen LogP contribution in [-0.2, 0) is 9.53 Å². The molecule has 0 radical (unpaired) electrons. The maximum absolute atomic E-state index is 10.3. The average Bonchev–Trinajstić information content (AvgIpc) is 2.04. The summed E-state index contributed by atoms with van der Waals surface area (Å²) in [7, 11) is 0. The molecule has 0 bridgehead atoms. The van der Waals surface area contributed by atoms with Gasteiger partial charge in [0.05, 0.1) is 6.61 Å². The van der Waals surface area contributed by atoms with Gasteiger partial charge >= 0.3 is 5.97 Å². The van der Waals surface area contributed by atoms with Crippen LogP contribution in [0, 0.1) is 11.3 Å². The Hall–Kier alpha value is -1.34. The van der Waals surface area contributed by atoms with Crippen LogP contribution in [0.3, 0.4) is 0 Å². The fourth-order valence-corrected chi connectivity index (χ4v) is 0.612. The first-order valence-corrected chi connectivity index (χ1v) is 3.63. The Morgan fingerprint density at radius 2 is 2.42 bits per heavy atom. The van der Waals surface area contributed by atoms with Gasteiger partial charge in [0.25, 0.3) is 0 Å². The van der Waals surface area contributed by atoms with Gasteiger partial charge in [-0.1, -0.05) is 6.08 Å². The molecule has 4 nitrogen and oxygen atoms in total. The predicted octanol–water partition coefficient (Wildman–Crippen LogP) is 0.948. The normalized spacial score (nSPS) is 10.8. The van der Waals surface area contributed by atoms with Crippen LogP contribution in [0.25, 0.3) is 0 Å². The van der Waals surface area contributed by atoms with E-state index in [0.717, 1.165) is 0 Å². The van der Waals surface area contributed by atoms with E-state index in [-0.39, 0.29) is 5.57 Å². The van der Waals surface area contributed by atoms with Crippen molar-refractivity contribution in [3.8, 4) is 6.07 Å². The van der Waals surface area contributed by atoms with Crippen LogP contribution in [-0.4, -0.2) is 24.3 Å². The molecule has 0 aromatic carbocycles. The van der Waals surface area contributed by atoms with Gasteiger partial charge in [-0.3, -0.25) is 0 Å². The molecule has 0 rings (SSSR count). The number of carboxylic acid groups (broad SMARTS) is 1. The molecule has 66 valence electrons. The maximum atomic E-state index is 10.3. The van der Waals surface area contributed by atoms with Crippen molar-refractivity contribution in [2.24, 2.45) is 0 Å². The summed E-state index contributed by atoms with van der Waals surface area (Å²) in [5.41, 5.74) is -0.227. The van der Waals surface area contributed by atoms with Crippen LogP contribution in [0.2, 0.25) is 0 Å². The third kappa shape index (κ3) is 4.47. The van der Waals surface area contributed by atoms with Gasteiger partial charge in [-0.25, -0.2) is 4.79 Å². The van der Waals surface area contributed by atoms with Gasteiger partial charge in [0, 0.05) is 6.61 Å². The Morgan fingerprint density at radius 1 is 1.75 bits per heavy atom. The van der Waals surface area contributed by atoms with Gasteiger partial charge < -0.3 is 9.84 Å². The van der Waals surface area contributed by atoms with E-state index in [1.165, 1.54) is 6.08 Å². The fourth-order valence-electron chi connectivity index (χ4n) is 0.612. The van der Waals surface area contributed by atoms with Crippen LogP contribution < -0.4 is 0 Å². The topological polar surface area (TPSA) is 70.3 Å². The van der Waals surface area contributed by atoms with Crippen molar-refractivity contribution < 1.29 is 14.6 Å². The van der Waals surface area contributed by atoms with Gasteiger partial charge in [-0.2, -0.15) is 5.26 Å². The summed E-state index contributed by atoms with van der Waals surface area (Å²) in [5, 5.41) is 16.7. The van der Waals surface area contributed by atoms with E-state index in [2.05, 4.69) is 0 Å². The molecule has 0 aliphatic rings. The van der Waals surface area contributed by atoms with E-state index < -0.39 is 5.97 Å². The maximum Gasteiger partial charge on any atom is 0.346 e. The average molecular weight is 169 g/mol. The number of hydrogen-bond donors (Lipinski definition) is 1. The number of aliphatic carboxylic acids is 1. The predicted molar refractivity (Wildman–Crippen MR) is 42.4 cm³/mol. The molecule has 12 heavy (non-hydrogen) atoms. The highest BCUT2D eigenvalue weighted by molar-refractivity contribution is 5.90. The molecule has 0 saturated heterocycles. The smallest absolute Gasteiger partial charge is 0.346 e. The second kappa shape index (κ2) is 6.38. The number of carboxylic acids is 1. The van der Waals surface area contributed by atoms with Crippen molar-refractivity contribution in [1.82, 2.24) is 0 Å². The molecule has 0 aliphatic heterocycles. The third-order valence-electron chi connectivity index (χ3n) is 1.17. The van der Waals surface area contributed by atoms with Gasteiger partial charge in [-0.05, 0) is 13.3 Å². The Bertz CT molecular complexity index is 215. The molecule has 0 saturated carbocycles. The van der Waals surface area contributed by atoms with Gasteiger partial charge in [0.15, 0.2) is 0 Å².